The Kier molecular flexibility index (Phi) is 5.43. The summed E-state index contributed by atoms with van der Waals surface area (Å²) in [6, 6.07) is 2.82. The average molecular weight is 428 g/mol. The zero-order valence-corrected chi connectivity index (χ0v) is 17.5. The van der Waals surface area contributed by atoms with Crippen LogP contribution in [-0.2, 0) is 14.8 Å². The third kappa shape index (κ3) is 3.69. The summed E-state index contributed by atoms with van der Waals surface area (Å²) in [5.41, 5.74) is 8.64. The standard InChI is InChI=1S/C20H27F2N3O3S/c1-12(2)29(26,27)24-9-13-5-6-25(19(13)10-24)15-8-18(23)20(28-11-15)16-7-14(21)3-4-17(16)22/h3-4,7,12,15,18,20H,5-6,8-11,23H2,1-2H3. The van der Waals surface area contributed by atoms with Gasteiger partial charge >= 0.3 is 0 Å². The van der Waals surface area contributed by atoms with Gasteiger partial charge in [-0.1, -0.05) is 0 Å². The number of rotatable bonds is 4. The SMILES string of the molecule is CC(C)S(=O)(=O)N1CC2=C(C1)N(C1COC(c3cc(F)ccc3F)C(N)C1)CC2. The first-order chi connectivity index (χ1) is 13.7. The fourth-order valence-corrected chi connectivity index (χ4v) is 5.78. The summed E-state index contributed by atoms with van der Waals surface area (Å²) in [7, 11) is -3.31. The summed E-state index contributed by atoms with van der Waals surface area (Å²) in [6.07, 6.45) is 0.695. The highest BCUT2D eigenvalue weighted by molar-refractivity contribution is 7.89. The van der Waals surface area contributed by atoms with Gasteiger partial charge in [0.2, 0.25) is 10.0 Å². The quantitative estimate of drug-likeness (QED) is 0.797. The van der Waals surface area contributed by atoms with Crippen LogP contribution in [0.1, 0.15) is 38.4 Å². The second-order valence-electron chi connectivity index (χ2n) is 8.33. The number of nitrogens with zero attached hydrogens (tertiary/aromatic N) is 2. The van der Waals surface area contributed by atoms with Crippen LogP contribution in [0.3, 0.4) is 0 Å². The minimum Gasteiger partial charge on any atom is -0.370 e. The summed E-state index contributed by atoms with van der Waals surface area (Å²) >= 11 is 0. The highest BCUT2D eigenvalue weighted by atomic mass is 32.2. The molecule has 2 N–H and O–H groups in total. The normalized spacial score (nSPS) is 28.5. The lowest BCUT2D eigenvalue weighted by atomic mass is 9.93. The van der Waals surface area contributed by atoms with Crippen LogP contribution in [0.5, 0.6) is 0 Å². The van der Waals surface area contributed by atoms with Gasteiger partial charge in [-0.05, 0) is 50.5 Å². The maximum atomic E-state index is 14.1. The largest absolute Gasteiger partial charge is 0.370 e. The highest BCUT2D eigenvalue weighted by Crippen LogP contribution is 2.38. The summed E-state index contributed by atoms with van der Waals surface area (Å²) in [6.45, 7) is 5.35. The predicted molar refractivity (Wildman–Crippen MR) is 105 cm³/mol. The van der Waals surface area contributed by atoms with Gasteiger partial charge in [-0.2, -0.15) is 4.31 Å². The van der Waals surface area contributed by atoms with Crippen molar-refractivity contribution < 1.29 is 21.9 Å². The molecule has 3 heterocycles. The molecule has 0 saturated carbocycles. The number of nitrogens with two attached hydrogens (primary N) is 1. The number of sulfonamides is 1. The molecular weight excluding hydrogens is 400 g/mol. The highest BCUT2D eigenvalue weighted by Gasteiger charge is 2.42. The van der Waals surface area contributed by atoms with Crippen LogP contribution in [0.15, 0.2) is 29.5 Å². The van der Waals surface area contributed by atoms with Gasteiger partial charge in [0.25, 0.3) is 0 Å². The molecule has 29 heavy (non-hydrogen) atoms. The van der Waals surface area contributed by atoms with Crippen molar-refractivity contribution in [1.29, 1.82) is 0 Å². The summed E-state index contributed by atoms with van der Waals surface area (Å²) < 4.78 is 60.2. The molecule has 9 heteroatoms. The number of halogens is 2. The number of hydrogen-bond donors (Lipinski definition) is 1. The van der Waals surface area contributed by atoms with E-state index in [-0.39, 0.29) is 11.6 Å². The molecule has 3 aliphatic heterocycles. The van der Waals surface area contributed by atoms with Crippen LogP contribution in [0, 0.1) is 11.6 Å². The molecule has 3 unspecified atom stereocenters. The van der Waals surface area contributed by atoms with E-state index in [1.807, 2.05) is 0 Å². The van der Waals surface area contributed by atoms with Crippen molar-refractivity contribution in [2.45, 2.75) is 50.1 Å². The Morgan fingerprint density at radius 2 is 2.00 bits per heavy atom. The van der Waals surface area contributed by atoms with Crippen LogP contribution in [0.4, 0.5) is 8.78 Å². The maximum Gasteiger partial charge on any atom is 0.217 e. The maximum absolute atomic E-state index is 14.1. The molecule has 1 saturated heterocycles. The molecule has 160 valence electrons. The summed E-state index contributed by atoms with van der Waals surface area (Å²) in [5.74, 6) is -1.05. The van der Waals surface area contributed by atoms with Crippen molar-refractivity contribution in [3.63, 3.8) is 0 Å². The Morgan fingerprint density at radius 3 is 2.69 bits per heavy atom. The molecule has 1 fully saturated rings. The molecular formula is C20H27F2N3O3S. The second kappa shape index (κ2) is 7.61. The molecule has 4 rings (SSSR count). The van der Waals surface area contributed by atoms with Crippen molar-refractivity contribution in [3.05, 3.63) is 46.7 Å². The monoisotopic (exact) mass is 427 g/mol. The predicted octanol–water partition coefficient (Wildman–Crippen LogP) is 2.14. The lowest BCUT2D eigenvalue weighted by Crippen LogP contribution is -2.49. The van der Waals surface area contributed by atoms with E-state index in [0.717, 1.165) is 42.4 Å². The van der Waals surface area contributed by atoms with E-state index in [4.69, 9.17) is 10.5 Å². The zero-order chi connectivity index (χ0) is 20.9. The first-order valence-corrected chi connectivity index (χ1v) is 11.5. The van der Waals surface area contributed by atoms with E-state index in [1.54, 1.807) is 18.2 Å². The summed E-state index contributed by atoms with van der Waals surface area (Å²) in [4.78, 5) is 2.20. The van der Waals surface area contributed by atoms with Gasteiger partial charge in [0, 0.05) is 30.4 Å². The van der Waals surface area contributed by atoms with Crippen molar-refractivity contribution >= 4 is 10.0 Å². The topological polar surface area (TPSA) is 75.9 Å². The van der Waals surface area contributed by atoms with E-state index >= 15 is 0 Å². The average Bonchev–Trinajstić information content (AvgIpc) is 3.25. The van der Waals surface area contributed by atoms with Crippen molar-refractivity contribution in [2.75, 3.05) is 26.2 Å². The number of ether oxygens (including phenoxy) is 1. The van der Waals surface area contributed by atoms with Gasteiger partial charge in [0.1, 0.15) is 17.7 Å². The van der Waals surface area contributed by atoms with Gasteiger partial charge in [0.05, 0.1) is 24.4 Å². The fraction of sp³-hybridized carbons (Fsp3) is 0.600. The smallest absolute Gasteiger partial charge is 0.217 e. The van der Waals surface area contributed by atoms with E-state index in [1.165, 1.54) is 0 Å². The van der Waals surface area contributed by atoms with Crippen LogP contribution in [-0.4, -0.2) is 61.2 Å². The Morgan fingerprint density at radius 1 is 1.24 bits per heavy atom. The number of hydrogen-bond acceptors (Lipinski definition) is 5. The van der Waals surface area contributed by atoms with Gasteiger partial charge < -0.3 is 15.4 Å². The van der Waals surface area contributed by atoms with Gasteiger partial charge in [-0.25, -0.2) is 17.2 Å². The van der Waals surface area contributed by atoms with Crippen molar-refractivity contribution in [3.8, 4) is 0 Å². The molecule has 3 atom stereocenters. The van der Waals surface area contributed by atoms with Crippen molar-refractivity contribution in [1.82, 2.24) is 9.21 Å². The second-order valence-corrected chi connectivity index (χ2v) is 10.8. The molecule has 0 spiro atoms. The van der Waals surface area contributed by atoms with Crippen LogP contribution < -0.4 is 5.73 Å². The van der Waals surface area contributed by atoms with E-state index in [2.05, 4.69) is 4.90 Å². The lowest BCUT2D eigenvalue weighted by molar-refractivity contribution is -0.0433. The van der Waals surface area contributed by atoms with Crippen LogP contribution >= 0.6 is 0 Å². The minimum absolute atomic E-state index is 0.00734. The molecule has 6 nitrogen and oxygen atoms in total. The molecule has 0 radical (unpaired) electrons. The molecule has 0 amide bonds. The van der Waals surface area contributed by atoms with Gasteiger partial charge in [-0.15, -0.1) is 0 Å². The first-order valence-electron chi connectivity index (χ1n) is 9.97. The van der Waals surface area contributed by atoms with Crippen LogP contribution in [0.2, 0.25) is 0 Å². The molecule has 1 aromatic rings. The Labute approximate surface area is 170 Å². The zero-order valence-electron chi connectivity index (χ0n) is 16.6. The van der Waals surface area contributed by atoms with Crippen molar-refractivity contribution in [2.24, 2.45) is 5.73 Å². The van der Waals surface area contributed by atoms with E-state index < -0.39 is 39.1 Å². The fourth-order valence-electron chi connectivity index (χ4n) is 4.54. The lowest BCUT2D eigenvalue weighted by Gasteiger charge is -2.40. The molecule has 1 aromatic carbocycles. The first kappa shape index (κ1) is 20.7. The number of benzene rings is 1. The Bertz CT molecular complexity index is 935. The third-order valence-electron chi connectivity index (χ3n) is 6.16. The minimum atomic E-state index is -3.31. The van der Waals surface area contributed by atoms with E-state index in [9.17, 15) is 17.2 Å². The third-order valence-corrected chi connectivity index (χ3v) is 8.33. The molecule has 0 aliphatic carbocycles. The molecule has 0 bridgehead atoms. The summed E-state index contributed by atoms with van der Waals surface area (Å²) in [5, 5.41) is -0.454. The Hall–Kier alpha value is -1.55. The van der Waals surface area contributed by atoms with Crippen LogP contribution in [0.25, 0.3) is 0 Å². The van der Waals surface area contributed by atoms with E-state index in [0.29, 0.717) is 26.1 Å². The Balaban J connectivity index is 1.46. The molecule has 0 aromatic heterocycles. The molecule has 3 aliphatic rings. The van der Waals surface area contributed by atoms with Gasteiger partial charge in [-0.3, -0.25) is 0 Å². The van der Waals surface area contributed by atoms with Gasteiger partial charge in [0.15, 0.2) is 0 Å².